The van der Waals surface area contributed by atoms with Crippen molar-refractivity contribution in [2.24, 2.45) is 0 Å². The summed E-state index contributed by atoms with van der Waals surface area (Å²) in [5.74, 6) is 0. The Morgan fingerprint density at radius 1 is 1.21 bits per heavy atom. The molecule has 0 saturated carbocycles. The Bertz CT molecular complexity index is 534. The Labute approximate surface area is 129 Å². The van der Waals surface area contributed by atoms with Crippen LogP contribution < -0.4 is 5.32 Å². The third-order valence-electron chi connectivity index (χ3n) is 2.74. The van der Waals surface area contributed by atoms with Crippen molar-refractivity contribution in [3.05, 3.63) is 62.8 Å². The van der Waals surface area contributed by atoms with E-state index in [1.54, 1.807) is 6.20 Å². The van der Waals surface area contributed by atoms with E-state index in [4.69, 9.17) is 0 Å². The SMILES string of the molecule is OCC(NCc1ccccc1)c1ncc(Br)cc1Br. The predicted octanol–water partition coefficient (Wildman–Crippen LogP) is 3.43. The van der Waals surface area contributed by atoms with E-state index < -0.39 is 0 Å². The van der Waals surface area contributed by atoms with Gasteiger partial charge in [0.05, 0.1) is 18.3 Å². The molecule has 1 heterocycles. The lowest BCUT2D eigenvalue weighted by Gasteiger charge is -2.17. The first-order valence-corrected chi connectivity index (χ1v) is 7.48. The fourth-order valence-corrected chi connectivity index (χ4v) is 3.03. The number of aliphatic hydroxyl groups is 1. The van der Waals surface area contributed by atoms with Gasteiger partial charge in [0.1, 0.15) is 0 Å². The maximum Gasteiger partial charge on any atom is 0.0744 e. The number of nitrogens with one attached hydrogen (secondary N) is 1. The lowest BCUT2D eigenvalue weighted by molar-refractivity contribution is 0.240. The summed E-state index contributed by atoms with van der Waals surface area (Å²) in [4.78, 5) is 4.35. The van der Waals surface area contributed by atoms with Crippen molar-refractivity contribution in [1.29, 1.82) is 0 Å². The highest BCUT2D eigenvalue weighted by Gasteiger charge is 2.14. The van der Waals surface area contributed by atoms with Crippen LogP contribution in [0.25, 0.3) is 0 Å². The molecule has 0 radical (unpaired) electrons. The number of benzene rings is 1. The Morgan fingerprint density at radius 3 is 2.58 bits per heavy atom. The number of aliphatic hydroxyl groups excluding tert-OH is 1. The number of aromatic nitrogens is 1. The van der Waals surface area contributed by atoms with Crippen molar-refractivity contribution >= 4 is 31.9 Å². The van der Waals surface area contributed by atoms with Gasteiger partial charge < -0.3 is 10.4 Å². The number of halogens is 2. The Balaban J connectivity index is 2.08. The fraction of sp³-hybridized carbons (Fsp3) is 0.214. The molecule has 0 spiro atoms. The number of hydrogen-bond donors (Lipinski definition) is 2. The zero-order valence-corrected chi connectivity index (χ0v) is 13.4. The highest BCUT2D eigenvalue weighted by atomic mass is 79.9. The highest BCUT2D eigenvalue weighted by Crippen LogP contribution is 2.24. The van der Waals surface area contributed by atoms with Gasteiger partial charge >= 0.3 is 0 Å². The van der Waals surface area contributed by atoms with E-state index in [1.165, 1.54) is 5.56 Å². The molecular formula is C14H14Br2N2O. The Morgan fingerprint density at radius 2 is 1.95 bits per heavy atom. The summed E-state index contributed by atoms with van der Waals surface area (Å²) in [6.07, 6.45) is 1.73. The lowest BCUT2D eigenvalue weighted by atomic mass is 10.1. The van der Waals surface area contributed by atoms with Crippen molar-refractivity contribution in [2.75, 3.05) is 6.61 Å². The third-order valence-corrected chi connectivity index (χ3v) is 3.81. The molecule has 19 heavy (non-hydrogen) atoms. The molecule has 0 bridgehead atoms. The van der Waals surface area contributed by atoms with Crippen LogP contribution in [0.1, 0.15) is 17.3 Å². The van der Waals surface area contributed by atoms with Crippen LogP contribution in [0.15, 0.2) is 51.5 Å². The summed E-state index contributed by atoms with van der Waals surface area (Å²) < 4.78 is 1.78. The molecule has 0 saturated heterocycles. The molecule has 1 aromatic heterocycles. The lowest BCUT2D eigenvalue weighted by Crippen LogP contribution is -2.25. The van der Waals surface area contributed by atoms with Crippen LogP contribution in [0.4, 0.5) is 0 Å². The summed E-state index contributed by atoms with van der Waals surface area (Å²) in [6.45, 7) is 0.691. The van der Waals surface area contributed by atoms with Gasteiger partial charge in [0.25, 0.3) is 0 Å². The van der Waals surface area contributed by atoms with Gasteiger partial charge in [0.2, 0.25) is 0 Å². The first-order valence-electron chi connectivity index (χ1n) is 5.90. The monoisotopic (exact) mass is 384 g/mol. The summed E-state index contributed by atoms with van der Waals surface area (Å²) in [7, 11) is 0. The van der Waals surface area contributed by atoms with Crippen LogP contribution in [0.5, 0.6) is 0 Å². The minimum Gasteiger partial charge on any atom is -0.394 e. The first kappa shape index (κ1) is 14.7. The minimum absolute atomic E-state index is 0.0000654. The van der Waals surface area contributed by atoms with Crippen molar-refractivity contribution < 1.29 is 5.11 Å². The van der Waals surface area contributed by atoms with Gasteiger partial charge in [-0.25, -0.2) is 0 Å². The van der Waals surface area contributed by atoms with Gasteiger partial charge in [0, 0.05) is 21.7 Å². The second-order valence-electron chi connectivity index (χ2n) is 4.12. The van der Waals surface area contributed by atoms with Crippen molar-refractivity contribution in [1.82, 2.24) is 10.3 Å². The summed E-state index contributed by atoms with van der Waals surface area (Å²) in [6, 6.07) is 11.8. The minimum atomic E-state index is -0.192. The molecule has 2 aromatic rings. The molecule has 1 unspecified atom stereocenters. The average Bonchev–Trinajstić information content (AvgIpc) is 2.42. The Hall–Kier alpha value is -0.750. The first-order chi connectivity index (χ1) is 9.20. The molecule has 1 aromatic carbocycles. The van der Waals surface area contributed by atoms with E-state index in [0.717, 1.165) is 14.6 Å². The molecule has 0 aliphatic heterocycles. The molecule has 0 fully saturated rings. The second kappa shape index (κ2) is 7.14. The topological polar surface area (TPSA) is 45.1 Å². The number of hydrogen-bond acceptors (Lipinski definition) is 3. The van der Waals surface area contributed by atoms with Gasteiger partial charge in [-0.15, -0.1) is 0 Å². The smallest absolute Gasteiger partial charge is 0.0744 e. The van der Waals surface area contributed by atoms with Crippen molar-refractivity contribution in [3.8, 4) is 0 Å². The maximum absolute atomic E-state index is 9.52. The zero-order chi connectivity index (χ0) is 13.7. The van der Waals surface area contributed by atoms with Gasteiger partial charge in [-0.05, 0) is 43.5 Å². The maximum atomic E-state index is 9.52. The van der Waals surface area contributed by atoms with Gasteiger partial charge in [-0.1, -0.05) is 30.3 Å². The molecule has 100 valence electrons. The Kier molecular flexibility index (Phi) is 5.51. The molecule has 5 heteroatoms. The molecule has 0 aliphatic rings. The van der Waals surface area contributed by atoms with E-state index in [0.29, 0.717) is 6.54 Å². The number of pyridine rings is 1. The molecule has 1 atom stereocenters. The second-order valence-corrected chi connectivity index (χ2v) is 5.89. The van der Waals surface area contributed by atoms with Gasteiger partial charge in [-0.3, -0.25) is 4.98 Å². The van der Waals surface area contributed by atoms with Crippen LogP contribution in [-0.2, 0) is 6.54 Å². The van der Waals surface area contributed by atoms with Gasteiger partial charge in [-0.2, -0.15) is 0 Å². The average molecular weight is 386 g/mol. The van der Waals surface area contributed by atoms with Crippen LogP contribution >= 0.6 is 31.9 Å². The molecule has 3 nitrogen and oxygen atoms in total. The molecular weight excluding hydrogens is 372 g/mol. The summed E-state index contributed by atoms with van der Waals surface area (Å²) in [5, 5.41) is 12.8. The summed E-state index contributed by atoms with van der Waals surface area (Å²) >= 11 is 6.84. The van der Waals surface area contributed by atoms with Crippen molar-refractivity contribution in [3.63, 3.8) is 0 Å². The fourth-order valence-electron chi connectivity index (χ4n) is 1.77. The van der Waals surface area contributed by atoms with E-state index >= 15 is 0 Å². The van der Waals surface area contributed by atoms with Crippen LogP contribution in [0, 0.1) is 0 Å². The highest BCUT2D eigenvalue weighted by molar-refractivity contribution is 9.11. The molecule has 2 rings (SSSR count). The van der Waals surface area contributed by atoms with E-state index in [2.05, 4.69) is 42.2 Å². The largest absolute Gasteiger partial charge is 0.394 e. The third kappa shape index (κ3) is 4.11. The van der Waals surface area contributed by atoms with Crippen molar-refractivity contribution in [2.45, 2.75) is 12.6 Å². The quantitative estimate of drug-likeness (QED) is 0.828. The summed E-state index contributed by atoms with van der Waals surface area (Å²) in [5.41, 5.74) is 1.98. The van der Waals surface area contributed by atoms with Gasteiger partial charge in [0.15, 0.2) is 0 Å². The number of rotatable bonds is 5. The van der Waals surface area contributed by atoms with Crippen LogP contribution in [0.3, 0.4) is 0 Å². The van der Waals surface area contributed by atoms with Crippen LogP contribution in [-0.4, -0.2) is 16.7 Å². The number of nitrogens with zero attached hydrogens (tertiary/aromatic N) is 1. The van der Waals surface area contributed by atoms with E-state index in [1.807, 2.05) is 36.4 Å². The standard InChI is InChI=1S/C14H14Br2N2O/c15-11-6-12(16)14(18-8-11)13(9-19)17-7-10-4-2-1-3-5-10/h1-6,8,13,17,19H,7,9H2. The molecule has 2 N–H and O–H groups in total. The van der Waals surface area contributed by atoms with E-state index in [9.17, 15) is 5.11 Å². The normalized spacial score (nSPS) is 12.4. The molecule has 0 amide bonds. The predicted molar refractivity (Wildman–Crippen MR) is 82.7 cm³/mol. The molecule has 0 aliphatic carbocycles. The zero-order valence-electron chi connectivity index (χ0n) is 10.2. The van der Waals surface area contributed by atoms with Crippen LogP contribution in [0.2, 0.25) is 0 Å². The van der Waals surface area contributed by atoms with E-state index in [-0.39, 0.29) is 12.6 Å².